The maximum Gasteiger partial charge on any atom is 0.326 e. The molecule has 5 rings (SSSR count). The van der Waals surface area contributed by atoms with E-state index in [0.717, 1.165) is 48.3 Å². The van der Waals surface area contributed by atoms with E-state index >= 15 is 0 Å². The van der Waals surface area contributed by atoms with Crippen molar-refractivity contribution in [1.29, 1.82) is 0 Å². The van der Waals surface area contributed by atoms with Gasteiger partial charge in [-0.15, -0.1) is 0 Å². The fourth-order valence-corrected chi connectivity index (χ4v) is 5.28. The van der Waals surface area contributed by atoms with Gasteiger partial charge < -0.3 is 14.9 Å². The summed E-state index contributed by atoms with van der Waals surface area (Å²) in [5.74, 6) is 5.85. The van der Waals surface area contributed by atoms with Crippen LogP contribution in [-0.2, 0) is 11.3 Å². The van der Waals surface area contributed by atoms with E-state index in [2.05, 4.69) is 47.1 Å². The number of carbonyl (C=O) groups is 2. The summed E-state index contributed by atoms with van der Waals surface area (Å²) in [4.78, 5) is 28.2. The molecule has 0 spiro atoms. The van der Waals surface area contributed by atoms with E-state index in [9.17, 15) is 14.7 Å². The van der Waals surface area contributed by atoms with Crippen LogP contribution in [-0.4, -0.2) is 41.0 Å². The molecule has 1 N–H and O–H groups in total. The molecule has 0 aromatic heterocycles. The van der Waals surface area contributed by atoms with Gasteiger partial charge in [0.1, 0.15) is 6.04 Å². The number of benzene rings is 3. The van der Waals surface area contributed by atoms with Crippen LogP contribution in [0.2, 0.25) is 0 Å². The first-order valence-electron chi connectivity index (χ1n) is 12.6. The largest absolute Gasteiger partial charge is 0.480 e. The summed E-state index contributed by atoms with van der Waals surface area (Å²) in [7, 11) is 0. The SMILES string of the molecule is CC[C@@H](C(=O)O)N1Cc2cc(N3CCC(c4ccc(C#Cc5ccccc5)cc4)CC3)ccc2C1=O. The van der Waals surface area contributed by atoms with Crippen molar-refractivity contribution in [2.45, 2.75) is 44.7 Å². The van der Waals surface area contributed by atoms with Gasteiger partial charge >= 0.3 is 5.97 Å². The molecule has 0 saturated carbocycles. The summed E-state index contributed by atoms with van der Waals surface area (Å²) in [6.45, 7) is 4.06. The molecule has 2 aliphatic heterocycles. The minimum absolute atomic E-state index is 0.179. The molecule has 1 fully saturated rings. The Bertz CT molecular complexity index is 1310. The topological polar surface area (TPSA) is 60.9 Å². The molecule has 0 unspecified atom stereocenters. The highest BCUT2D eigenvalue weighted by molar-refractivity contribution is 6.00. The van der Waals surface area contributed by atoms with Crippen molar-refractivity contribution in [3.8, 4) is 11.8 Å². The molecule has 0 aliphatic carbocycles. The lowest BCUT2D eigenvalue weighted by Gasteiger charge is -2.34. The zero-order valence-corrected chi connectivity index (χ0v) is 20.5. The lowest BCUT2D eigenvalue weighted by atomic mass is 9.88. The maximum atomic E-state index is 12.8. The number of carbonyl (C=O) groups excluding carboxylic acids is 1. The van der Waals surface area contributed by atoms with E-state index < -0.39 is 12.0 Å². The van der Waals surface area contributed by atoms with Gasteiger partial charge in [0.25, 0.3) is 5.91 Å². The van der Waals surface area contributed by atoms with E-state index in [1.165, 1.54) is 10.5 Å². The number of hydrogen-bond acceptors (Lipinski definition) is 3. The van der Waals surface area contributed by atoms with Crippen molar-refractivity contribution >= 4 is 17.6 Å². The maximum absolute atomic E-state index is 12.8. The number of anilines is 1. The summed E-state index contributed by atoms with van der Waals surface area (Å²) < 4.78 is 0. The summed E-state index contributed by atoms with van der Waals surface area (Å²) >= 11 is 0. The minimum atomic E-state index is -0.947. The molecule has 5 heteroatoms. The number of carboxylic acids is 1. The number of carboxylic acid groups (broad SMARTS) is 1. The molecule has 1 saturated heterocycles. The fraction of sp³-hybridized carbons (Fsp3) is 0.290. The van der Waals surface area contributed by atoms with Gasteiger partial charge in [0.2, 0.25) is 0 Å². The first-order valence-corrected chi connectivity index (χ1v) is 12.6. The third kappa shape index (κ3) is 4.85. The molecule has 5 nitrogen and oxygen atoms in total. The summed E-state index contributed by atoms with van der Waals surface area (Å²) in [5.41, 5.74) is 6.06. The second-order valence-electron chi connectivity index (χ2n) is 9.54. The van der Waals surface area contributed by atoms with E-state index in [-0.39, 0.29) is 5.91 Å². The van der Waals surface area contributed by atoms with Crippen molar-refractivity contribution in [1.82, 2.24) is 4.90 Å². The van der Waals surface area contributed by atoms with Crippen LogP contribution in [0.25, 0.3) is 0 Å². The smallest absolute Gasteiger partial charge is 0.326 e. The summed E-state index contributed by atoms with van der Waals surface area (Å²) in [6.07, 6.45) is 2.53. The van der Waals surface area contributed by atoms with E-state index in [1.54, 1.807) is 6.92 Å². The fourth-order valence-electron chi connectivity index (χ4n) is 5.28. The Hall–Kier alpha value is -4.04. The Morgan fingerprint density at radius 2 is 1.64 bits per heavy atom. The Morgan fingerprint density at radius 1 is 0.972 bits per heavy atom. The Balaban J connectivity index is 1.21. The molecule has 2 heterocycles. The molecule has 182 valence electrons. The number of rotatable bonds is 5. The second kappa shape index (κ2) is 10.3. The zero-order valence-electron chi connectivity index (χ0n) is 20.5. The van der Waals surface area contributed by atoms with Gasteiger partial charge in [-0.2, -0.15) is 0 Å². The van der Waals surface area contributed by atoms with Crippen LogP contribution in [0.3, 0.4) is 0 Å². The van der Waals surface area contributed by atoms with Crippen molar-refractivity contribution in [3.63, 3.8) is 0 Å². The van der Waals surface area contributed by atoms with Gasteiger partial charge in [-0.05, 0) is 78.8 Å². The van der Waals surface area contributed by atoms with Gasteiger partial charge in [0, 0.05) is 42.0 Å². The number of aliphatic carboxylic acids is 1. The number of amides is 1. The van der Waals surface area contributed by atoms with Gasteiger partial charge in [-0.25, -0.2) is 4.79 Å². The molecular weight excluding hydrogens is 448 g/mol. The lowest BCUT2D eigenvalue weighted by Crippen LogP contribution is -2.40. The van der Waals surface area contributed by atoms with E-state index in [4.69, 9.17) is 0 Å². The van der Waals surface area contributed by atoms with Crippen LogP contribution >= 0.6 is 0 Å². The molecule has 3 aromatic rings. The molecule has 0 radical (unpaired) electrons. The number of piperidine rings is 1. The molecule has 36 heavy (non-hydrogen) atoms. The third-order valence-electron chi connectivity index (χ3n) is 7.34. The Morgan fingerprint density at radius 3 is 2.28 bits per heavy atom. The monoisotopic (exact) mass is 478 g/mol. The minimum Gasteiger partial charge on any atom is -0.480 e. The first kappa shape index (κ1) is 23.7. The van der Waals surface area contributed by atoms with E-state index in [0.29, 0.717) is 24.4 Å². The van der Waals surface area contributed by atoms with Crippen LogP contribution in [0, 0.1) is 11.8 Å². The average Bonchev–Trinajstić information content (AvgIpc) is 3.24. The van der Waals surface area contributed by atoms with Gasteiger partial charge in [0.05, 0.1) is 0 Å². The van der Waals surface area contributed by atoms with Gasteiger partial charge in [0.15, 0.2) is 0 Å². The number of nitrogens with zero attached hydrogens (tertiary/aromatic N) is 2. The molecule has 0 bridgehead atoms. The molecule has 1 atom stereocenters. The zero-order chi connectivity index (χ0) is 25.1. The highest BCUT2D eigenvalue weighted by atomic mass is 16.4. The van der Waals surface area contributed by atoms with Crippen LogP contribution < -0.4 is 4.90 Å². The molecule has 2 aliphatic rings. The van der Waals surface area contributed by atoms with Crippen LogP contribution in [0.5, 0.6) is 0 Å². The molecule has 3 aromatic carbocycles. The summed E-state index contributed by atoms with van der Waals surface area (Å²) in [5, 5.41) is 9.49. The predicted octanol–water partition coefficient (Wildman–Crippen LogP) is 5.29. The van der Waals surface area contributed by atoms with Crippen LogP contribution in [0.15, 0.2) is 72.8 Å². The van der Waals surface area contributed by atoms with Crippen LogP contribution in [0.1, 0.15) is 64.7 Å². The van der Waals surface area contributed by atoms with Gasteiger partial charge in [-0.3, -0.25) is 4.79 Å². The van der Waals surface area contributed by atoms with Crippen molar-refractivity contribution in [2.75, 3.05) is 18.0 Å². The predicted molar refractivity (Wildman–Crippen MR) is 141 cm³/mol. The second-order valence-corrected chi connectivity index (χ2v) is 9.54. The quantitative estimate of drug-likeness (QED) is 0.506. The lowest BCUT2D eigenvalue weighted by molar-refractivity contribution is -0.142. The highest BCUT2D eigenvalue weighted by Gasteiger charge is 2.35. The Labute approximate surface area is 212 Å². The normalized spacial score (nSPS) is 16.3. The standard InChI is InChI=1S/C31H30N2O3/c1-2-29(31(35)36)33-21-26-20-27(14-15-28(26)30(33)34)32-18-16-25(17-19-32)24-12-10-23(11-13-24)9-8-22-6-4-3-5-7-22/h3-7,10-15,20,25,29H,2,16-19,21H2,1H3,(H,35,36)/t29-/m0/s1. The average molecular weight is 479 g/mol. The Kier molecular flexibility index (Phi) is 6.77. The van der Waals surface area contributed by atoms with Gasteiger partial charge in [-0.1, -0.05) is 49.1 Å². The molecule has 1 amide bonds. The third-order valence-corrected chi connectivity index (χ3v) is 7.34. The number of fused-ring (bicyclic) bond motifs is 1. The van der Waals surface area contributed by atoms with Crippen molar-refractivity contribution in [2.24, 2.45) is 0 Å². The van der Waals surface area contributed by atoms with Crippen LogP contribution in [0.4, 0.5) is 5.69 Å². The molecular formula is C31H30N2O3. The van der Waals surface area contributed by atoms with Crippen molar-refractivity contribution < 1.29 is 14.7 Å². The number of hydrogen-bond donors (Lipinski definition) is 1. The highest BCUT2D eigenvalue weighted by Crippen LogP contribution is 2.34. The van der Waals surface area contributed by atoms with Crippen molar-refractivity contribution in [3.05, 3.63) is 101 Å². The van der Waals surface area contributed by atoms with E-state index in [1.807, 2.05) is 42.5 Å². The first-order chi connectivity index (χ1) is 17.5. The summed E-state index contributed by atoms with van der Waals surface area (Å²) in [6, 6.07) is 23.8.